The Morgan fingerprint density at radius 1 is 1.61 bits per heavy atom. The van der Waals surface area contributed by atoms with Crippen molar-refractivity contribution in [2.45, 2.75) is 6.54 Å². The van der Waals surface area contributed by atoms with E-state index in [0.29, 0.717) is 4.99 Å². The quantitative estimate of drug-likeness (QED) is 0.867. The first-order chi connectivity index (χ1) is 8.58. The van der Waals surface area contributed by atoms with Gasteiger partial charge in [0.2, 0.25) is 0 Å². The van der Waals surface area contributed by atoms with Gasteiger partial charge in [0.05, 0.1) is 15.7 Å². The molecule has 6 heteroatoms. The minimum Gasteiger partial charge on any atom is -0.389 e. The van der Waals surface area contributed by atoms with E-state index in [1.165, 1.54) is 5.56 Å². The summed E-state index contributed by atoms with van der Waals surface area (Å²) >= 11 is 10.2. The number of thiocarbonyl (C=S) groups is 1. The molecule has 0 fully saturated rings. The lowest BCUT2D eigenvalue weighted by Crippen LogP contribution is -2.21. The number of nitrogens with two attached hydrogens (primary N) is 1. The molecule has 0 saturated heterocycles. The predicted molar refractivity (Wildman–Crippen MR) is 84.3 cm³/mol. The molecule has 0 unspecified atom stereocenters. The topological polar surface area (TPSA) is 42.2 Å². The van der Waals surface area contributed by atoms with Crippen LogP contribution in [0.5, 0.6) is 0 Å². The van der Waals surface area contributed by atoms with Crippen LogP contribution in [0.3, 0.4) is 0 Å². The van der Waals surface area contributed by atoms with Crippen molar-refractivity contribution in [2.24, 2.45) is 5.73 Å². The van der Waals surface area contributed by atoms with Crippen molar-refractivity contribution in [3.8, 4) is 0 Å². The molecular formula is C12H12BrN3S2. The lowest BCUT2D eigenvalue weighted by atomic mass is 10.2. The Morgan fingerprint density at radius 2 is 2.39 bits per heavy atom. The zero-order valence-corrected chi connectivity index (χ0v) is 13.0. The first kappa shape index (κ1) is 13.5. The molecule has 2 rings (SSSR count). The van der Waals surface area contributed by atoms with Crippen molar-refractivity contribution in [1.29, 1.82) is 0 Å². The number of aromatic nitrogens is 1. The van der Waals surface area contributed by atoms with E-state index in [1.807, 2.05) is 13.1 Å². The van der Waals surface area contributed by atoms with Crippen molar-refractivity contribution >= 4 is 50.2 Å². The molecule has 0 radical (unpaired) electrons. The van der Waals surface area contributed by atoms with Gasteiger partial charge in [-0.05, 0) is 39.0 Å². The number of anilines is 1. The monoisotopic (exact) mass is 341 g/mol. The van der Waals surface area contributed by atoms with E-state index in [2.05, 4.69) is 37.3 Å². The Labute approximate surface area is 124 Å². The first-order valence-corrected chi connectivity index (χ1v) is 7.34. The summed E-state index contributed by atoms with van der Waals surface area (Å²) in [5.74, 6) is 0. The average Bonchev–Trinajstić information content (AvgIpc) is 2.74. The second-order valence-corrected chi connectivity index (χ2v) is 6.60. The highest BCUT2D eigenvalue weighted by molar-refractivity contribution is 9.11. The number of nitrogens with zero attached hydrogens (tertiary/aromatic N) is 2. The smallest absolute Gasteiger partial charge is 0.106 e. The summed E-state index contributed by atoms with van der Waals surface area (Å²) in [4.78, 5) is 6.62. The van der Waals surface area contributed by atoms with Crippen LogP contribution in [0.4, 0.5) is 5.69 Å². The average molecular weight is 342 g/mol. The van der Waals surface area contributed by atoms with Crippen molar-refractivity contribution in [3.63, 3.8) is 0 Å². The molecule has 0 aromatic carbocycles. The van der Waals surface area contributed by atoms with E-state index in [9.17, 15) is 0 Å². The molecule has 3 nitrogen and oxygen atoms in total. The Hall–Kier alpha value is -0.980. The Kier molecular flexibility index (Phi) is 4.31. The maximum Gasteiger partial charge on any atom is 0.106 e. The molecule has 0 amide bonds. The van der Waals surface area contributed by atoms with Gasteiger partial charge in [0.15, 0.2) is 0 Å². The van der Waals surface area contributed by atoms with E-state index in [0.717, 1.165) is 21.6 Å². The summed E-state index contributed by atoms with van der Waals surface area (Å²) in [5, 5.41) is 2.12. The molecule has 18 heavy (non-hydrogen) atoms. The third kappa shape index (κ3) is 3.07. The summed E-state index contributed by atoms with van der Waals surface area (Å²) in [5.41, 5.74) is 8.77. The van der Waals surface area contributed by atoms with Crippen LogP contribution in [0.1, 0.15) is 11.1 Å². The third-order valence-electron chi connectivity index (χ3n) is 2.52. The van der Waals surface area contributed by atoms with Crippen LogP contribution in [-0.2, 0) is 6.54 Å². The van der Waals surface area contributed by atoms with Crippen LogP contribution >= 0.6 is 39.5 Å². The molecule has 0 saturated carbocycles. The Bertz CT molecular complexity index is 568. The van der Waals surface area contributed by atoms with Crippen molar-refractivity contribution in [3.05, 3.63) is 44.8 Å². The lowest BCUT2D eigenvalue weighted by molar-refractivity contribution is 0.920. The summed E-state index contributed by atoms with van der Waals surface area (Å²) < 4.78 is 1.13. The van der Waals surface area contributed by atoms with E-state index in [4.69, 9.17) is 18.0 Å². The van der Waals surface area contributed by atoms with Crippen LogP contribution in [0.2, 0.25) is 0 Å². The fraction of sp³-hybridized carbons (Fsp3) is 0.167. The highest BCUT2D eigenvalue weighted by Crippen LogP contribution is 2.24. The highest BCUT2D eigenvalue weighted by Gasteiger charge is 2.10. The van der Waals surface area contributed by atoms with Crippen LogP contribution in [0, 0.1) is 0 Å². The standard InChI is InChI=1S/C12H12BrN3S2/c1-16(6-8-4-11(13)18-7-8)10-5-15-3-2-9(10)12(14)17/h2-5,7H,6H2,1H3,(H2,14,17). The molecule has 0 aliphatic carbocycles. The SMILES string of the molecule is CN(Cc1csc(Br)c1)c1cnccc1C(N)=S. The number of thiophene rings is 1. The molecule has 0 bridgehead atoms. The maximum absolute atomic E-state index is 5.72. The van der Waals surface area contributed by atoms with E-state index < -0.39 is 0 Å². The van der Waals surface area contributed by atoms with Crippen LogP contribution in [0.15, 0.2) is 33.7 Å². The molecule has 2 N–H and O–H groups in total. The zero-order chi connectivity index (χ0) is 13.1. The highest BCUT2D eigenvalue weighted by atomic mass is 79.9. The molecule has 2 aromatic heterocycles. The number of rotatable bonds is 4. The summed E-state index contributed by atoms with van der Waals surface area (Å²) in [7, 11) is 2.00. The van der Waals surface area contributed by atoms with Crippen LogP contribution in [0.25, 0.3) is 0 Å². The minimum atomic E-state index is 0.394. The van der Waals surface area contributed by atoms with Crippen molar-refractivity contribution in [2.75, 3.05) is 11.9 Å². The normalized spacial score (nSPS) is 10.3. The van der Waals surface area contributed by atoms with Gasteiger partial charge in [-0.2, -0.15) is 0 Å². The van der Waals surface area contributed by atoms with Gasteiger partial charge in [-0.25, -0.2) is 0 Å². The third-order valence-corrected chi connectivity index (χ3v) is 4.29. The number of pyridine rings is 1. The number of hydrogen-bond acceptors (Lipinski definition) is 4. The van der Waals surface area contributed by atoms with Crippen molar-refractivity contribution < 1.29 is 0 Å². The zero-order valence-electron chi connectivity index (χ0n) is 9.76. The van der Waals surface area contributed by atoms with Crippen LogP contribution < -0.4 is 10.6 Å². The molecule has 0 spiro atoms. The molecule has 0 aliphatic rings. The predicted octanol–water partition coefficient (Wildman–Crippen LogP) is 3.18. The van der Waals surface area contributed by atoms with E-state index >= 15 is 0 Å². The molecule has 94 valence electrons. The Balaban J connectivity index is 2.23. The van der Waals surface area contributed by atoms with Gasteiger partial charge in [-0.15, -0.1) is 11.3 Å². The molecule has 2 heterocycles. The van der Waals surface area contributed by atoms with Gasteiger partial charge >= 0.3 is 0 Å². The fourth-order valence-corrected chi connectivity index (χ4v) is 3.06. The summed E-state index contributed by atoms with van der Waals surface area (Å²) in [6.45, 7) is 0.795. The molecular weight excluding hydrogens is 330 g/mol. The largest absolute Gasteiger partial charge is 0.389 e. The van der Waals surface area contributed by atoms with Gasteiger partial charge in [0, 0.05) is 25.4 Å². The lowest BCUT2D eigenvalue weighted by Gasteiger charge is -2.21. The van der Waals surface area contributed by atoms with Crippen molar-refractivity contribution in [1.82, 2.24) is 4.98 Å². The molecule has 0 aliphatic heterocycles. The number of halogens is 1. The van der Waals surface area contributed by atoms with Gasteiger partial charge < -0.3 is 10.6 Å². The minimum absolute atomic E-state index is 0.394. The van der Waals surface area contributed by atoms with Gasteiger partial charge in [0.25, 0.3) is 0 Å². The number of hydrogen-bond donors (Lipinski definition) is 1. The second kappa shape index (κ2) is 5.77. The first-order valence-electron chi connectivity index (χ1n) is 5.26. The van der Waals surface area contributed by atoms with E-state index in [-0.39, 0.29) is 0 Å². The van der Waals surface area contributed by atoms with Gasteiger partial charge in [-0.3, -0.25) is 4.98 Å². The van der Waals surface area contributed by atoms with Crippen LogP contribution in [-0.4, -0.2) is 17.0 Å². The summed E-state index contributed by atoms with van der Waals surface area (Å²) in [6.07, 6.45) is 3.49. The molecule has 2 aromatic rings. The summed E-state index contributed by atoms with van der Waals surface area (Å²) in [6, 6.07) is 3.95. The van der Waals surface area contributed by atoms with Gasteiger partial charge in [-0.1, -0.05) is 12.2 Å². The van der Waals surface area contributed by atoms with E-state index in [1.54, 1.807) is 23.7 Å². The fourth-order valence-electron chi connectivity index (χ4n) is 1.69. The van der Waals surface area contributed by atoms with Gasteiger partial charge in [0.1, 0.15) is 4.99 Å². The second-order valence-electron chi connectivity index (χ2n) is 3.87. The maximum atomic E-state index is 5.72. The molecule has 0 atom stereocenters. The Morgan fingerprint density at radius 3 is 3.00 bits per heavy atom.